The molecule has 1 aliphatic rings. The smallest absolute Gasteiger partial charge is 0.323 e. The number of nitrogens with one attached hydrogen (secondary N) is 1. The first-order valence-corrected chi connectivity index (χ1v) is 5.22. The molecule has 2 N–H and O–H groups in total. The zero-order valence-electron chi connectivity index (χ0n) is 8.66. The largest absolute Gasteiger partial charge is 0.480 e. The average Bonchev–Trinajstić information content (AvgIpc) is 2.64. The maximum Gasteiger partial charge on any atom is 0.323 e. The summed E-state index contributed by atoms with van der Waals surface area (Å²) in [6, 6.07) is -0.573. The number of hydrogen-bond donors (Lipinski definition) is 2. The Kier molecular flexibility index (Phi) is 4.90. The quantitative estimate of drug-likeness (QED) is 0.669. The van der Waals surface area contributed by atoms with Gasteiger partial charge in [0.05, 0.1) is 6.61 Å². The highest BCUT2D eigenvalue weighted by atomic mass is 16.5. The van der Waals surface area contributed by atoms with E-state index < -0.39 is 12.0 Å². The van der Waals surface area contributed by atoms with Gasteiger partial charge in [0.2, 0.25) is 0 Å². The number of hydrogen-bond acceptors (Lipinski definition) is 3. The van der Waals surface area contributed by atoms with Crippen molar-refractivity contribution in [1.82, 2.24) is 5.32 Å². The maximum atomic E-state index is 10.6. The molecule has 0 aromatic heterocycles. The lowest BCUT2D eigenvalue weighted by atomic mass is 10.1. The molecule has 1 fully saturated rings. The van der Waals surface area contributed by atoms with E-state index in [-0.39, 0.29) is 6.61 Å². The van der Waals surface area contributed by atoms with Crippen molar-refractivity contribution < 1.29 is 14.6 Å². The van der Waals surface area contributed by atoms with E-state index in [0.717, 1.165) is 0 Å². The summed E-state index contributed by atoms with van der Waals surface area (Å²) in [7, 11) is 1.64. The third kappa shape index (κ3) is 3.64. The molecule has 4 nitrogen and oxygen atoms in total. The second-order valence-electron chi connectivity index (χ2n) is 3.87. The first-order valence-electron chi connectivity index (χ1n) is 5.22. The van der Waals surface area contributed by atoms with Gasteiger partial charge >= 0.3 is 5.97 Å². The minimum Gasteiger partial charge on any atom is -0.480 e. The SMILES string of the molecule is CNC(COCC1CCCC1)C(=O)O. The summed E-state index contributed by atoms with van der Waals surface area (Å²) < 4.78 is 5.39. The molecular formula is C10H19NO3. The number of rotatable bonds is 6. The summed E-state index contributed by atoms with van der Waals surface area (Å²) in [5, 5.41) is 11.4. The Labute approximate surface area is 84.6 Å². The highest BCUT2D eigenvalue weighted by Crippen LogP contribution is 2.24. The highest BCUT2D eigenvalue weighted by molar-refractivity contribution is 5.73. The van der Waals surface area contributed by atoms with Crippen LogP contribution in [0.25, 0.3) is 0 Å². The van der Waals surface area contributed by atoms with Crippen molar-refractivity contribution >= 4 is 5.97 Å². The summed E-state index contributed by atoms with van der Waals surface area (Å²) in [4.78, 5) is 10.6. The summed E-state index contributed by atoms with van der Waals surface area (Å²) >= 11 is 0. The molecule has 4 heteroatoms. The molecule has 1 atom stereocenters. The Bertz CT molecular complexity index is 178. The van der Waals surface area contributed by atoms with Crippen molar-refractivity contribution in [3.8, 4) is 0 Å². The molecule has 14 heavy (non-hydrogen) atoms. The lowest BCUT2D eigenvalue weighted by molar-refractivity contribution is -0.141. The van der Waals surface area contributed by atoms with Crippen LogP contribution in [0.1, 0.15) is 25.7 Å². The Morgan fingerprint density at radius 1 is 1.57 bits per heavy atom. The predicted molar refractivity (Wildman–Crippen MR) is 53.3 cm³/mol. The van der Waals surface area contributed by atoms with E-state index in [1.807, 2.05) is 0 Å². The molecule has 0 amide bonds. The van der Waals surface area contributed by atoms with Crippen LogP contribution in [-0.4, -0.2) is 37.4 Å². The normalized spacial score (nSPS) is 19.8. The number of likely N-dealkylation sites (N-methyl/N-ethyl adjacent to an activating group) is 1. The van der Waals surface area contributed by atoms with E-state index in [9.17, 15) is 4.79 Å². The summed E-state index contributed by atoms with van der Waals surface area (Å²) in [5.74, 6) is -0.194. The van der Waals surface area contributed by atoms with Gasteiger partial charge in [0.1, 0.15) is 6.04 Å². The molecule has 0 aromatic carbocycles. The standard InChI is InChI=1S/C10H19NO3/c1-11-9(10(12)13)7-14-6-8-4-2-3-5-8/h8-9,11H,2-7H2,1H3,(H,12,13). The van der Waals surface area contributed by atoms with Gasteiger partial charge in [-0.25, -0.2) is 0 Å². The zero-order chi connectivity index (χ0) is 10.4. The van der Waals surface area contributed by atoms with E-state index >= 15 is 0 Å². The van der Waals surface area contributed by atoms with Crippen LogP contribution in [-0.2, 0) is 9.53 Å². The summed E-state index contributed by atoms with van der Waals surface area (Å²) in [6.07, 6.45) is 5.05. The molecule has 0 radical (unpaired) electrons. The van der Waals surface area contributed by atoms with E-state index in [2.05, 4.69) is 5.32 Å². The molecule has 82 valence electrons. The van der Waals surface area contributed by atoms with Gasteiger partial charge in [-0.3, -0.25) is 4.79 Å². The Balaban J connectivity index is 2.09. The molecule has 1 unspecified atom stereocenters. The monoisotopic (exact) mass is 201 g/mol. The molecule has 0 aromatic rings. The van der Waals surface area contributed by atoms with Crippen molar-refractivity contribution in [2.24, 2.45) is 5.92 Å². The Hall–Kier alpha value is -0.610. The van der Waals surface area contributed by atoms with Crippen LogP contribution < -0.4 is 5.32 Å². The second kappa shape index (κ2) is 5.98. The van der Waals surface area contributed by atoms with Crippen molar-refractivity contribution in [2.75, 3.05) is 20.3 Å². The summed E-state index contributed by atoms with van der Waals surface area (Å²) in [6.45, 7) is 0.980. The number of aliphatic carboxylic acids is 1. The Morgan fingerprint density at radius 3 is 2.71 bits per heavy atom. The van der Waals surface area contributed by atoms with Gasteiger partial charge < -0.3 is 15.2 Å². The second-order valence-corrected chi connectivity index (χ2v) is 3.87. The van der Waals surface area contributed by atoms with Gasteiger partial charge in [-0.15, -0.1) is 0 Å². The van der Waals surface area contributed by atoms with E-state index in [1.165, 1.54) is 25.7 Å². The average molecular weight is 201 g/mol. The third-order valence-electron chi connectivity index (χ3n) is 2.76. The fourth-order valence-corrected chi connectivity index (χ4v) is 1.81. The van der Waals surface area contributed by atoms with Gasteiger partial charge in [0, 0.05) is 6.61 Å². The lowest BCUT2D eigenvalue weighted by Crippen LogP contribution is -2.38. The predicted octanol–water partition coefficient (Wildman–Crippen LogP) is 0.866. The fraction of sp³-hybridized carbons (Fsp3) is 0.900. The van der Waals surface area contributed by atoms with Gasteiger partial charge in [-0.05, 0) is 25.8 Å². The summed E-state index contributed by atoms with van der Waals surface area (Å²) in [5.41, 5.74) is 0. The Morgan fingerprint density at radius 2 is 2.21 bits per heavy atom. The van der Waals surface area contributed by atoms with E-state index in [1.54, 1.807) is 7.05 Å². The molecule has 0 bridgehead atoms. The maximum absolute atomic E-state index is 10.6. The number of carbonyl (C=O) groups is 1. The third-order valence-corrected chi connectivity index (χ3v) is 2.76. The highest BCUT2D eigenvalue weighted by Gasteiger charge is 2.18. The van der Waals surface area contributed by atoms with Crippen molar-refractivity contribution in [3.05, 3.63) is 0 Å². The molecule has 1 aliphatic carbocycles. The van der Waals surface area contributed by atoms with E-state index in [0.29, 0.717) is 12.5 Å². The van der Waals surface area contributed by atoms with Gasteiger partial charge in [-0.1, -0.05) is 12.8 Å². The fourth-order valence-electron chi connectivity index (χ4n) is 1.81. The number of carboxylic acids is 1. The molecule has 0 saturated heterocycles. The molecule has 0 heterocycles. The van der Waals surface area contributed by atoms with E-state index in [4.69, 9.17) is 9.84 Å². The topological polar surface area (TPSA) is 58.6 Å². The van der Waals surface area contributed by atoms with Crippen LogP contribution in [0.3, 0.4) is 0 Å². The molecule has 1 rings (SSSR count). The van der Waals surface area contributed by atoms with Gasteiger partial charge in [0.15, 0.2) is 0 Å². The zero-order valence-corrected chi connectivity index (χ0v) is 8.66. The number of carboxylic acid groups (broad SMARTS) is 1. The van der Waals surface area contributed by atoms with Gasteiger partial charge in [-0.2, -0.15) is 0 Å². The van der Waals surface area contributed by atoms with Crippen LogP contribution in [0.15, 0.2) is 0 Å². The molecule has 1 saturated carbocycles. The lowest BCUT2D eigenvalue weighted by Gasteiger charge is -2.14. The molecule has 0 spiro atoms. The molecule has 0 aliphatic heterocycles. The minimum absolute atomic E-state index is 0.266. The first-order chi connectivity index (χ1) is 6.74. The molecular weight excluding hydrogens is 182 g/mol. The van der Waals surface area contributed by atoms with Crippen LogP contribution in [0.4, 0.5) is 0 Å². The number of ether oxygens (including phenoxy) is 1. The minimum atomic E-state index is -0.848. The van der Waals surface area contributed by atoms with Crippen molar-refractivity contribution in [1.29, 1.82) is 0 Å². The van der Waals surface area contributed by atoms with Crippen LogP contribution in [0, 0.1) is 5.92 Å². The van der Waals surface area contributed by atoms with Gasteiger partial charge in [0.25, 0.3) is 0 Å². The van der Waals surface area contributed by atoms with Crippen molar-refractivity contribution in [3.63, 3.8) is 0 Å². The van der Waals surface area contributed by atoms with Crippen LogP contribution >= 0.6 is 0 Å². The first kappa shape index (κ1) is 11.5. The van der Waals surface area contributed by atoms with Crippen molar-refractivity contribution in [2.45, 2.75) is 31.7 Å². The van der Waals surface area contributed by atoms with Crippen LogP contribution in [0.2, 0.25) is 0 Å². The van der Waals surface area contributed by atoms with Crippen LogP contribution in [0.5, 0.6) is 0 Å².